The number of halogens is 3. The number of carbonyl (C=O) groups is 4. The highest BCUT2D eigenvalue weighted by Crippen LogP contribution is 2.31. The number of esters is 1. The van der Waals surface area contributed by atoms with Crippen molar-refractivity contribution < 1.29 is 33.0 Å². The van der Waals surface area contributed by atoms with E-state index < -0.39 is 42.7 Å². The lowest BCUT2D eigenvalue weighted by Crippen LogP contribution is -2.37. The van der Waals surface area contributed by atoms with Crippen molar-refractivity contribution in [3.8, 4) is 5.75 Å². The second-order valence-corrected chi connectivity index (χ2v) is 7.70. The van der Waals surface area contributed by atoms with Gasteiger partial charge in [-0.25, -0.2) is 4.39 Å². The van der Waals surface area contributed by atoms with Gasteiger partial charge in [0.25, 0.3) is 17.7 Å². The van der Waals surface area contributed by atoms with Crippen molar-refractivity contribution in [2.24, 2.45) is 0 Å². The summed E-state index contributed by atoms with van der Waals surface area (Å²) in [6, 6.07) is 6.77. The fraction of sp³-hybridized carbons (Fsp3) is 0.238. The number of ether oxygens (including phenoxy) is 2. The van der Waals surface area contributed by atoms with Crippen molar-refractivity contribution in [2.75, 3.05) is 27.3 Å². The summed E-state index contributed by atoms with van der Waals surface area (Å²) in [4.78, 5) is 51.1. The lowest BCUT2D eigenvalue weighted by atomic mass is 10.1. The first-order chi connectivity index (χ1) is 15.1. The summed E-state index contributed by atoms with van der Waals surface area (Å²) >= 11 is 11.8. The van der Waals surface area contributed by atoms with E-state index >= 15 is 0 Å². The molecule has 3 amide bonds. The highest BCUT2D eigenvalue weighted by atomic mass is 35.5. The molecular formula is C21H17Cl2FN2O6. The van der Waals surface area contributed by atoms with Crippen molar-refractivity contribution in [3.63, 3.8) is 0 Å². The molecule has 32 heavy (non-hydrogen) atoms. The Kier molecular flexibility index (Phi) is 7.00. The molecule has 2 aromatic rings. The average molecular weight is 483 g/mol. The molecule has 11 heteroatoms. The summed E-state index contributed by atoms with van der Waals surface area (Å²) in [5.41, 5.74) is 0.563. The molecule has 1 heterocycles. The Morgan fingerprint density at radius 3 is 2.19 bits per heavy atom. The fourth-order valence-corrected chi connectivity index (χ4v) is 3.35. The highest BCUT2D eigenvalue weighted by molar-refractivity contribution is 6.43. The molecule has 0 atom stereocenters. The second-order valence-electron chi connectivity index (χ2n) is 6.89. The maximum Gasteiger partial charge on any atom is 0.326 e. The van der Waals surface area contributed by atoms with Crippen molar-refractivity contribution in [1.82, 2.24) is 9.80 Å². The summed E-state index contributed by atoms with van der Waals surface area (Å²) in [5, 5.41) is 0.197. The van der Waals surface area contributed by atoms with Gasteiger partial charge in [-0.2, -0.15) is 0 Å². The van der Waals surface area contributed by atoms with Crippen LogP contribution in [0.4, 0.5) is 4.39 Å². The highest BCUT2D eigenvalue weighted by Gasteiger charge is 2.37. The summed E-state index contributed by atoms with van der Waals surface area (Å²) in [6.07, 6.45) is 0. The Balaban J connectivity index is 1.54. The van der Waals surface area contributed by atoms with Crippen LogP contribution in [0.1, 0.15) is 26.3 Å². The smallest absolute Gasteiger partial charge is 0.326 e. The number of methoxy groups -OCH3 is 1. The predicted molar refractivity (Wildman–Crippen MR) is 112 cm³/mol. The zero-order valence-electron chi connectivity index (χ0n) is 17.0. The first-order valence-electron chi connectivity index (χ1n) is 9.19. The molecule has 1 aliphatic rings. The van der Waals surface area contributed by atoms with E-state index in [1.165, 1.54) is 43.3 Å². The van der Waals surface area contributed by atoms with Gasteiger partial charge in [0.05, 0.1) is 28.3 Å². The van der Waals surface area contributed by atoms with Gasteiger partial charge in [0.1, 0.15) is 6.54 Å². The van der Waals surface area contributed by atoms with Crippen molar-refractivity contribution >= 4 is 46.9 Å². The fourth-order valence-electron chi connectivity index (χ4n) is 3.02. The van der Waals surface area contributed by atoms with Gasteiger partial charge in [-0.15, -0.1) is 0 Å². The molecule has 8 nitrogen and oxygen atoms in total. The Hall–Kier alpha value is -3.17. The molecule has 2 aromatic carbocycles. The maximum atomic E-state index is 13.8. The topological polar surface area (TPSA) is 93.2 Å². The van der Waals surface area contributed by atoms with E-state index in [1.54, 1.807) is 6.07 Å². The van der Waals surface area contributed by atoms with Crippen LogP contribution >= 0.6 is 23.2 Å². The summed E-state index contributed by atoms with van der Waals surface area (Å²) in [6.45, 7) is -1.23. The number of fused-ring (bicyclic) bond motifs is 1. The summed E-state index contributed by atoms with van der Waals surface area (Å²) in [7, 11) is 2.80. The van der Waals surface area contributed by atoms with Crippen LogP contribution in [0.3, 0.4) is 0 Å². The lowest BCUT2D eigenvalue weighted by molar-refractivity contribution is -0.151. The minimum absolute atomic E-state index is 0.0275. The SMILES string of the molecule is COc1ccc(CN(C)C(=O)COC(=O)CN2C(=O)c3cc(Cl)c(Cl)cc3C2=O)cc1F. The Bertz CT molecular complexity index is 1080. The quantitative estimate of drug-likeness (QED) is 0.444. The van der Waals surface area contributed by atoms with Gasteiger partial charge < -0.3 is 14.4 Å². The van der Waals surface area contributed by atoms with E-state index in [2.05, 4.69) is 0 Å². The molecule has 0 unspecified atom stereocenters. The minimum Gasteiger partial charge on any atom is -0.494 e. The van der Waals surface area contributed by atoms with Crippen LogP contribution in [0, 0.1) is 5.82 Å². The Morgan fingerprint density at radius 1 is 1.06 bits per heavy atom. The molecular weight excluding hydrogens is 466 g/mol. The van der Waals surface area contributed by atoms with Crippen molar-refractivity contribution in [1.29, 1.82) is 0 Å². The van der Waals surface area contributed by atoms with Crippen LogP contribution in [0.25, 0.3) is 0 Å². The third kappa shape index (κ3) is 4.84. The van der Waals surface area contributed by atoms with Gasteiger partial charge in [0.15, 0.2) is 18.2 Å². The van der Waals surface area contributed by atoms with Crippen molar-refractivity contribution in [3.05, 3.63) is 62.9 Å². The molecule has 0 saturated carbocycles. The standard InChI is InChI=1S/C21H17Cl2FN2O6/c1-25(8-11-3-4-17(31-2)16(24)5-11)18(27)10-32-19(28)9-26-20(29)12-6-14(22)15(23)7-13(12)21(26)30/h3-7H,8-10H2,1-2H3. The molecule has 1 aliphatic heterocycles. The molecule has 0 fully saturated rings. The number of likely N-dealkylation sites (N-methyl/N-ethyl adjacent to an activating group) is 1. The van der Waals surface area contributed by atoms with Crippen molar-refractivity contribution in [2.45, 2.75) is 6.54 Å². The molecule has 0 spiro atoms. The molecule has 0 N–H and O–H groups in total. The third-order valence-electron chi connectivity index (χ3n) is 4.72. The van der Waals surface area contributed by atoms with Crippen LogP contribution in [-0.2, 0) is 20.9 Å². The molecule has 0 saturated heterocycles. The lowest BCUT2D eigenvalue weighted by Gasteiger charge is -2.18. The van der Waals surface area contributed by atoms with Crippen LogP contribution in [-0.4, -0.2) is 60.8 Å². The normalized spacial score (nSPS) is 12.6. The summed E-state index contributed by atoms with van der Waals surface area (Å²) < 4.78 is 23.5. The average Bonchev–Trinajstić information content (AvgIpc) is 2.96. The third-order valence-corrected chi connectivity index (χ3v) is 5.44. The van der Waals surface area contributed by atoms with Gasteiger partial charge >= 0.3 is 5.97 Å². The number of carbonyl (C=O) groups excluding carboxylic acids is 4. The maximum absolute atomic E-state index is 13.8. The van der Waals surface area contributed by atoms with E-state index in [0.29, 0.717) is 10.5 Å². The minimum atomic E-state index is -0.950. The monoisotopic (exact) mass is 482 g/mol. The number of rotatable bonds is 7. The van der Waals surface area contributed by atoms with Gasteiger partial charge in [-0.05, 0) is 29.8 Å². The zero-order valence-corrected chi connectivity index (χ0v) is 18.5. The van der Waals surface area contributed by atoms with Gasteiger partial charge in [0, 0.05) is 13.6 Å². The van der Waals surface area contributed by atoms with E-state index in [9.17, 15) is 23.6 Å². The largest absolute Gasteiger partial charge is 0.494 e. The van der Waals surface area contributed by atoms with Gasteiger partial charge in [-0.1, -0.05) is 29.3 Å². The number of hydrogen-bond donors (Lipinski definition) is 0. The molecule has 0 radical (unpaired) electrons. The van der Waals surface area contributed by atoms with E-state index in [0.717, 1.165) is 0 Å². The number of imide groups is 1. The Labute approximate surface area is 192 Å². The number of amides is 3. The molecule has 0 bridgehead atoms. The Morgan fingerprint density at radius 2 is 1.66 bits per heavy atom. The zero-order chi connectivity index (χ0) is 23.6. The molecule has 3 rings (SSSR count). The summed E-state index contributed by atoms with van der Waals surface area (Å²) in [5.74, 6) is -3.43. The predicted octanol–water partition coefficient (Wildman–Crippen LogP) is 2.94. The van der Waals surface area contributed by atoms with E-state index in [4.69, 9.17) is 32.7 Å². The van der Waals surface area contributed by atoms with E-state index in [-0.39, 0.29) is 33.5 Å². The van der Waals surface area contributed by atoms with E-state index in [1.807, 2.05) is 0 Å². The number of hydrogen-bond acceptors (Lipinski definition) is 6. The molecule has 168 valence electrons. The molecule has 0 aliphatic carbocycles. The first-order valence-corrected chi connectivity index (χ1v) is 9.95. The van der Waals surface area contributed by atoms with Crippen LogP contribution in [0.2, 0.25) is 10.0 Å². The molecule has 0 aromatic heterocycles. The number of nitrogens with zero attached hydrogens (tertiary/aromatic N) is 2. The van der Waals surface area contributed by atoms with Crippen LogP contribution in [0.5, 0.6) is 5.75 Å². The second kappa shape index (κ2) is 9.54. The number of benzene rings is 2. The van der Waals surface area contributed by atoms with Gasteiger partial charge in [0.2, 0.25) is 0 Å². The van der Waals surface area contributed by atoms with Gasteiger partial charge in [-0.3, -0.25) is 24.1 Å². The first kappa shape index (κ1) is 23.5. The van der Waals surface area contributed by atoms with Crippen LogP contribution in [0.15, 0.2) is 30.3 Å². The van der Waals surface area contributed by atoms with Crippen LogP contribution < -0.4 is 4.74 Å².